The van der Waals surface area contributed by atoms with Crippen molar-refractivity contribution in [3.05, 3.63) is 139 Å². The highest BCUT2D eigenvalue weighted by atomic mass is 35.5. The Morgan fingerprint density at radius 3 is 1.16 bits per heavy atom. The van der Waals surface area contributed by atoms with Gasteiger partial charge in [-0.2, -0.15) is 20.5 Å². The van der Waals surface area contributed by atoms with Crippen LogP contribution >= 0.6 is 69.6 Å². The van der Waals surface area contributed by atoms with Crippen molar-refractivity contribution >= 4 is 139 Å². The second-order valence-electron chi connectivity index (χ2n) is 13.9. The third-order valence-corrected chi connectivity index (χ3v) is 11.0. The molecule has 0 heterocycles. The molecule has 0 bridgehead atoms. The number of azo groups is 2. The van der Waals surface area contributed by atoms with Crippen molar-refractivity contribution in [3.8, 4) is 0 Å². The number of halogens is 6. The van der Waals surface area contributed by atoms with E-state index in [9.17, 15) is 28.8 Å². The number of alkyl halides is 2. The van der Waals surface area contributed by atoms with E-state index < -0.39 is 47.3 Å². The normalized spacial score (nSPS) is 13.2. The van der Waals surface area contributed by atoms with E-state index in [1.165, 1.54) is 48.5 Å². The summed E-state index contributed by atoms with van der Waals surface area (Å²) >= 11 is 38.1. The van der Waals surface area contributed by atoms with E-state index in [0.717, 1.165) is 25.0 Å². The molecule has 4 amide bonds. The number of nitrogens with zero attached hydrogens (tertiary/aromatic N) is 4. The van der Waals surface area contributed by atoms with Crippen LogP contribution in [0.1, 0.15) is 70.3 Å². The monoisotopic (exact) mass is 982 g/mol. The number of hydrogen-bond donors (Lipinski definition) is 4. The van der Waals surface area contributed by atoms with E-state index in [1.54, 1.807) is 48.5 Å². The fourth-order valence-electron chi connectivity index (χ4n) is 5.62. The average Bonchev–Trinajstić information content (AvgIpc) is 3.23. The number of nitrogens with one attached hydrogen (secondary N) is 4. The summed E-state index contributed by atoms with van der Waals surface area (Å²) in [4.78, 5) is 77.9. The summed E-state index contributed by atoms with van der Waals surface area (Å²) in [6.45, 7) is 5.88. The second-order valence-corrected chi connectivity index (χ2v) is 16.8. The third-order valence-electron chi connectivity index (χ3n) is 9.10. The molecule has 0 spiro atoms. The first-order valence-electron chi connectivity index (χ1n) is 19.0. The topological polar surface area (TPSA) is 200 Å². The van der Waals surface area contributed by atoms with E-state index in [4.69, 9.17) is 69.6 Å². The fourth-order valence-corrected chi connectivity index (χ4v) is 6.83. The molecule has 5 aromatic carbocycles. The molecule has 0 radical (unpaired) electrons. The zero-order valence-corrected chi connectivity index (χ0v) is 38.6. The number of amides is 4. The Labute approximate surface area is 397 Å². The van der Waals surface area contributed by atoms with Gasteiger partial charge < -0.3 is 21.3 Å². The van der Waals surface area contributed by atoms with Gasteiger partial charge in [0.05, 0.1) is 53.3 Å². The number of benzene rings is 5. The summed E-state index contributed by atoms with van der Waals surface area (Å²) < 4.78 is 0. The maximum absolute atomic E-state index is 13.3. The first kappa shape index (κ1) is 49.3. The minimum atomic E-state index is -1.69. The Bertz CT molecular complexity index is 2490. The van der Waals surface area contributed by atoms with Gasteiger partial charge in [-0.1, -0.05) is 82.8 Å². The molecule has 0 aromatic heterocycles. The van der Waals surface area contributed by atoms with Crippen molar-refractivity contribution in [2.75, 3.05) is 21.3 Å². The highest BCUT2D eigenvalue weighted by Gasteiger charge is 2.27. The van der Waals surface area contributed by atoms with E-state index in [2.05, 4.69) is 41.7 Å². The van der Waals surface area contributed by atoms with Gasteiger partial charge in [0.2, 0.25) is 12.1 Å². The summed E-state index contributed by atoms with van der Waals surface area (Å²) in [6, 6.07) is 21.7. The molecule has 5 rings (SSSR count). The van der Waals surface area contributed by atoms with Crippen molar-refractivity contribution in [3.63, 3.8) is 0 Å². The number of carbonyl (C=O) groups is 6. The molecule has 4 unspecified atom stereocenters. The lowest BCUT2D eigenvalue weighted by atomic mass is 10.1. The van der Waals surface area contributed by atoms with Crippen LogP contribution in [-0.2, 0) is 19.2 Å². The maximum atomic E-state index is 13.3. The molecule has 64 heavy (non-hydrogen) atoms. The molecule has 0 saturated carbocycles. The largest absolute Gasteiger partial charge is 0.322 e. The number of Topliss-reactive ketones (excluding diaryl/α,β-unsaturated/α-hetero) is 2. The van der Waals surface area contributed by atoms with Crippen molar-refractivity contribution in [1.29, 1.82) is 0 Å². The van der Waals surface area contributed by atoms with Crippen LogP contribution in [0.2, 0.25) is 20.1 Å². The highest BCUT2D eigenvalue weighted by molar-refractivity contribution is 6.39. The first-order chi connectivity index (χ1) is 30.3. The highest BCUT2D eigenvalue weighted by Crippen LogP contribution is 2.35. The van der Waals surface area contributed by atoms with Crippen LogP contribution in [0.15, 0.2) is 118 Å². The molecule has 5 aromatic rings. The fraction of sp³-hybridized carbons (Fsp3) is 0.182. The Kier molecular flexibility index (Phi) is 17.1. The molecule has 0 aliphatic carbocycles. The predicted octanol–water partition coefficient (Wildman–Crippen LogP) is 12.8. The summed E-state index contributed by atoms with van der Waals surface area (Å²) in [5.41, 5.74) is 2.71. The van der Waals surface area contributed by atoms with Gasteiger partial charge in [0.15, 0.2) is 11.6 Å². The molecule has 14 nitrogen and oxygen atoms in total. The van der Waals surface area contributed by atoms with Crippen LogP contribution in [0.5, 0.6) is 0 Å². The van der Waals surface area contributed by atoms with Crippen LogP contribution < -0.4 is 21.3 Å². The molecular weight excluding hydrogens is 949 g/mol. The van der Waals surface area contributed by atoms with E-state index >= 15 is 0 Å². The number of hydrogen-bond acceptors (Lipinski definition) is 10. The summed E-state index contributed by atoms with van der Waals surface area (Å²) in [6.07, 6.45) is 0. The molecule has 4 atom stereocenters. The van der Waals surface area contributed by atoms with Gasteiger partial charge >= 0.3 is 0 Å². The van der Waals surface area contributed by atoms with Crippen molar-refractivity contribution in [2.45, 2.75) is 50.5 Å². The van der Waals surface area contributed by atoms with Gasteiger partial charge in [0.25, 0.3) is 23.6 Å². The lowest BCUT2D eigenvalue weighted by Gasteiger charge is -2.15. The number of anilines is 4. The standard InChI is InChI=1S/C44H36Cl6N8O6/c1-21(45)25-11-15-27(16-12-25)51-41(61)29-7-5-9-33(37(29)49)55-57-39(23(3)59)43(63)53-35-19-32(48)36(20-31(35)47)54-44(64)40(24(4)60)58-56-34-10-6-8-30(38(34)50)42(62)52-28-17-13-26(14-18-28)22(2)46/h5-22,39-40H,1-4H3,(H,51,61)(H,52,62)(H,53,63)(H,54,64). The molecule has 0 aliphatic rings. The van der Waals surface area contributed by atoms with Gasteiger partial charge in [-0.25, -0.2) is 0 Å². The lowest BCUT2D eigenvalue weighted by molar-refractivity contribution is -0.127. The van der Waals surface area contributed by atoms with Gasteiger partial charge in [0, 0.05) is 11.4 Å². The molecule has 0 aliphatic heterocycles. The lowest BCUT2D eigenvalue weighted by Crippen LogP contribution is -2.32. The van der Waals surface area contributed by atoms with Crippen LogP contribution in [0, 0.1) is 0 Å². The van der Waals surface area contributed by atoms with Crippen LogP contribution in [-0.4, -0.2) is 47.3 Å². The van der Waals surface area contributed by atoms with Gasteiger partial charge in [-0.15, -0.1) is 23.2 Å². The zero-order valence-electron chi connectivity index (χ0n) is 34.1. The van der Waals surface area contributed by atoms with E-state index in [-0.39, 0.29) is 64.7 Å². The quantitative estimate of drug-likeness (QED) is 0.0430. The SMILES string of the molecule is CC(=O)C(N=Nc1cccc(C(=O)Nc2ccc(C(C)Cl)cc2)c1Cl)C(=O)Nc1cc(Cl)c(NC(=O)C(N=Nc2cccc(C(=O)Nc3ccc(C(C)Cl)cc3)c2Cl)C(C)=O)cc1Cl. The number of rotatable bonds is 16. The molecular formula is C44H36Cl6N8O6. The van der Waals surface area contributed by atoms with Gasteiger partial charge in [-0.3, -0.25) is 28.8 Å². The molecule has 330 valence electrons. The molecule has 20 heteroatoms. The Hall–Kier alpha value is -5.74. The summed E-state index contributed by atoms with van der Waals surface area (Å²) in [7, 11) is 0. The van der Waals surface area contributed by atoms with E-state index in [0.29, 0.717) is 11.4 Å². The van der Waals surface area contributed by atoms with Gasteiger partial charge in [-0.05, 0) is 99.5 Å². The smallest absolute Gasteiger partial charge is 0.258 e. The molecule has 0 saturated heterocycles. The minimum absolute atomic E-state index is 0.00358. The van der Waals surface area contributed by atoms with Crippen molar-refractivity contribution < 1.29 is 28.8 Å². The van der Waals surface area contributed by atoms with Gasteiger partial charge in [0.1, 0.15) is 11.4 Å². The average molecular weight is 986 g/mol. The van der Waals surface area contributed by atoms with Crippen LogP contribution in [0.4, 0.5) is 34.1 Å². The second kappa shape index (κ2) is 22.2. The molecule has 4 N–H and O–H groups in total. The Morgan fingerprint density at radius 1 is 0.500 bits per heavy atom. The molecule has 0 fully saturated rings. The Morgan fingerprint density at radius 2 is 0.844 bits per heavy atom. The zero-order chi connectivity index (χ0) is 46.8. The third kappa shape index (κ3) is 12.7. The first-order valence-corrected chi connectivity index (χ1v) is 21.3. The maximum Gasteiger partial charge on any atom is 0.258 e. The summed E-state index contributed by atoms with van der Waals surface area (Å²) in [5.74, 6) is -4.38. The number of ketones is 2. The predicted molar refractivity (Wildman–Crippen MR) is 252 cm³/mol. The van der Waals surface area contributed by atoms with Crippen molar-refractivity contribution in [1.82, 2.24) is 0 Å². The van der Waals surface area contributed by atoms with Crippen LogP contribution in [0.3, 0.4) is 0 Å². The Balaban J connectivity index is 1.25. The summed E-state index contributed by atoms with van der Waals surface area (Å²) in [5, 5.41) is 25.4. The minimum Gasteiger partial charge on any atom is -0.322 e. The van der Waals surface area contributed by atoms with E-state index in [1.807, 2.05) is 13.8 Å². The van der Waals surface area contributed by atoms with Crippen LogP contribution in [0.25, 0.3) is 0 Å². The van der Waals surface area contributed by atoms with Crippen molar-refractivity contribution in [2.24, 2.45) is 20.5 Å². The number of carbonyl (C=O) groups excluding carboxylic acids is 6.